The van der Waals surface area contributed by atoms with E-state index in [0.717, 1.165) is 61.3 Å². The summed E-state index contributed by atoms with van der Waals surface area (Å²) in [5.74, 6) is 3.15. The van der Waals surface area contributed by atoms with Crippen molar-refractivity contribution in [3.8, 4) is 23.0 Å². The molecule has 8 heteroatoms. The van der Waals surface area contributed by atoms with E-state index >= 15 is 0 Å². The molecular formula is C24H32N2O6. The molecule has 0 bridgehead atoms. The van der Waals surface area contributed by atoms with Crippen molar-refractivity contribution in [2.24, 2.45) is 0 Å². The Balaban J connectivity index is 1.17. The Morgan fingerprint density at radius 3 is 2.50 bits per heavy atom. The van der Waals surface area contributed by atoms with E-state index in [1.54, 1.807) is 14.2 Å². The number of fused-ring (bicyclic) bond motifs is 1. The average molecular weight is 445 g/mol. The van der Waals surface area contributed by atoms with Crippen molar-refractivity contribution in [1.82, 2.24) is 9.80 Å². The molecule has 2 aromatic carbocycles. The zero-order valence-electron chi connectivity index (χ0n) is 18.8. The van der Waals surface area contributed by atoms with Crippen molar-refractivity contribution in [2.45, 2.75) is 19.3 Å². The molecule has 0 amide bonds. The third kappa shape index (κ3) is 5.83. The minimum Gasteiger partial charge on any atom is -0.497 e. The number of aliphatic hydroxyl groups is 1. The van der Waals surface area contributed by atoms with Crippen LogP contribution in [0.1, 0.15) is 11.1 Å². The second-order valence-electron chi connectivity index (χ2n) is 8.11. The van der Waals surface area contributed by atoms with Gasteiger partial charge in [-0.1, -0.05) is 6.07 Å². The first kappa shape index (κ1) is 22.7. The lowest BCUT2D eigenvalue weighted by Crippen LogP contribution is -2.48. The van der Waals surface area contributed by atoms with Gasteiger partial charge in [0, 0.05) is 44.8 Å². The highest BCUT2D eigenvalue weighted by Gasteiger charge is 2.21. The fourth-order valence-electron chi connectivity index (χ4n) is 4.08. The number of piperazine rings is 1. The van der Waals surface area contributed by atoms with E-state index in [0.29, 0.717) is 19.9 Å². The van der Waals surface area contributed by atoms with Gasteiger partial charge in [0.05, 0.1) is 33.5 Å². The molecule has 2 aromatic rings. The van der Waals surface area contributed by atoms with Gasteiger partial charge in [0.25, 0.3) is 0 Å². The number of aliphatic hydroxyl groups excluding tert-OH is 1. The Morgan fingerprint density at radius 2 is 1.72 bits per heavy atom. The van der Waals surface area contributed by atoms with E-state index < -0.39 is 6.10 Å². The molecule has 1 atom stereocenters. The molecule has 174 valence electrons. The van der Waals surface area contributed by atoms with E-state index in [1.165, 1.54) is 5.56 Å². The van der Waals surface area contributed by atoms with Gasteiger partial charge in [0.2, 0.25) is 6.79 Å². The first-order chi connectivity index (χ1) is 15.6. The van der Waals surface area contributed by atoms with Gasteiger partial charge in [0.1, 0.15) is 11.5 Å². The van der Waals surface area contributed by atoms with Gasteiger partial charge in [-0.3, -0.25) is 9.80 Å². The number of hydrogen-bond donors (Lipinski definition) is 1. The largest absolute Gasteiger partial charge is 0.497 e. The molecule has 0 radical (unpaired) electrons. The molecule has 2 aliphatic heterocycles. The lowest BCUT2D eigenvalue weighted by atomic mass is 10.1. The fraction of sp³-hybridized carbons (Fsp3) is 0.500. The van der Waals surface area contributed by atoms with Gasteiger partial charge in [0.15, 0.2) is 11.5 Å². The quantitative estimate of drug-likeness (QED) is 0.598. The summed E-state index contributed by atoms with van der Waals surface area (Å²) in [6.45, 7) is 6.20. The summed E-state index contributed by atoms with van der Waals surface area (Å²) in [6.07, 6.45) is -0.535. The van der Waals surface area contributed by atoms with Gasteiger partial charge in [-0.05, 0) is 35.9 Å². The molecule has 0 aliphatic carbocycles. The third-order valence-corrected chi connectivity index (χ3v) is 5.83. The van der Waals surface area contributed by atoms with Gasteiger partial charge >= 0.3 is 0 Å². The maximum absolute atomic E-state index is 10.4. The normalized spacial score (nSPS) is 17.3. The van der Waals surface area contributed by atoms with Crippen LogP contribution in [0.15, 0.2) is 36.4 Å². The highest BCUT2D eigenvalue weighted by Crippen LogP contribution is 2.33. The standard InChI is InChI=1S/C24H32N2O6/c1-28-21-4-6-22(29-2)19(12-21)15-30-16-20(27)14-26-9-7-25(8-10-26)13-18-3-5-23-24(11-18)32-17-31-23/h3-6,11-12,20,27H,7-10,13-17H2,1-2H3/t20-/m1/s1. The molecule has 32 heavy (non-hydrogen) atoms. The SMILES string of the molecule is COc1ccc(OC)c(COC[C@H](O)CN2CCN(Cc3ccc4c(c3)OCO4)CC2)c1. The smallest absolute Gasteiger partial charge is 0.231 e. The number of methoxy groups -OCH3 is 2. The van der Waals surface area contributed by atoms with Crippen LogP contribution in [0.3, 0.4) is 0 Å². The first-order valence-corrected chi connectivity index (χ1v) is 10.9. The summed E-state index contributed by atoms with van der Waals surface area (Å²) in [4.78, 5) is 4.71. The van der Waals surface area contributed by atoms with Gasteiger partial charge in [-0.2, -0.15) is 0 Å². The molecule has 0 unspecified atom stereocenters. The van der Waals surface area contributed by atoms with Crippen molar-refractivity contribution >= 4 is 0 Å². The molecule has 1 fully saturated rings. The van der Waals surface area contributed by atoms with Crippen molar-refractivity contribution in [2.75, 3.05) is 60.3 Å². The minimum atomic E-state index is -0.535. The number of hydrogen-bond acceptors (Lipinski definition) is 8. The lowest BCUT2D eigenvalue weighted by Gasteiger charge is -2.35. The summed E-state index contributed by atoms with van der Waals surface area (Å²) in [7, 11) is 3.26. The number of β-amino-alcohol motifs (C(OH)–C–C–N with tert-alkyl or cyclic N) is 1. The van der Waals surface area contributed by atoms with E-state index in [4.69, 9.17) is 23.7 Å². The monoisotopic (exact) mass is 444 g/mol. The Kier molecular flexibility index (Phi) is 7.70. The summed E-state index contributed by atoms with van der Waals surface area (Å²) in [5, 5.41) is 10.4. The van der Waals surface area contributed by atoms with Gasteiger partial charge in [-0.25, -0.2) is 0 Å². The Hall–Kier alpha value is -2.52. The second kappa shape index (κ2) is 10.9. The number of nitrogens with zero attached hydrogens (tertiary/aromatic N) is 2. The van der Waals surface area contributed by atoms with Gasteiger partial charge < -0.3 is 28.8 Å². The predicted octanol–water partition coefficient (Wildman–Crippen LogP) is 2.13. The highest BCUT2D eigenvalue weighted by atomic mass is 16.7. The molecule has 8 nitrogen and oxygen atoms in total. The Bertz CT molecular complexity index is 885. The maximum Gasteiger partial charge on any atom is 0.231 e. The lowest BCUT2D eigenvalue weighted by molar-refractivity contribution is 0.000451. The number of benzene rings is 2. The van der Waals surface area contributed by atoms with Crippen LogP contribution in [-0.4, -0.2) is 81.4 Å². The first-order valence-electron chi connectivity index (χ1n) is 10.9. The Morgan fingerprint density at radius 1 is 0.938 bits per heavy atom. The molecule has 4 rings (SSSR count). The van der Waals surface area contributed by atoms with Gasteiger partial charge in [-0.15, -0.1) is 0 Å². The third-order valence-electron chi connectivity index (χ3n) is 5.83. The second-order valence-corrected chi connectivity index (χ2v) is 8.11. The van der Waals surface area contributed by atoms with Crippen molar-refractivity contribution in [1.29, 1.82) is 0 Å². The summed E-state index contributed by atoms with van der Waals surface area (Å²) < 4.78 is 27.2. The summed E-state index contributed by atoms with van der Waals surface area (Å²) in [6, 6.07) is 11.7. The van der Waals surface area contributed by atoms with Crippen molar-refractivity contribution in [3.63, 3.8) is 0 Å². The Labute approximate surface area is 189 Å². The summed E-state index contributed by atoms with van der Waals surface area (Å²) >= 11 is 0. The molecular weight excluding hydrogens is 412 g/mol. The van der Waals surface area contributed by atoms with E-state index in [9.17, 15) is 5.11 Å². The van der Waals surface area contributed by atoms with Crippen molar-refractivity contribution < 1.29 is 28.8 Å². The van der Waals surface area contributed by atoms with Crippen LogP contribution in [-0.2, 0) is 17.9 Å². The molecule has 2 aliphatic rings. The number of ether oxygens (including phenoxy) is 5. The molecule has 0 spiro atoms. The van der Waals surface area contributed by atoms with E-state index in [-0.39, 0.29) is 6.61 Å². The van der Waals surface area contributed by atoms with Crippen LogP contribution in [0.4, 0.5) is 0 Å². The fourth-order valence-corrected chi connectivity index (χ4v) is 4.08. The molecule has 0 aromatic heterocycles. The predicted molar refractivity (Wildman–Crippen MR) is 119 cm³/mol. The van der Waals surface area contributed by atoms with Crippen LogP contribution < -0.4 is 18.9 Å². The average Bonchev–Trinajstić information content (AvgIpc) is 3.28. The minimum absolute atomic E-state index is 0.276. The molecule has 0 saturated carbocycles. The summed E-state index contributed by atoms with van der Waals surface area (Å²) in [5.41, 5.74) is 2.13. The zero-order valence-corrected chi connectivity index (χ0v) is 18.8. The van der Waals surface area contributed by atoms with Crippen molar-refractivity contribution in [3.05, 3.63) is 47.5 Å². The zero-order chi connectivity index (χ0) is 22.3. The van der Waals surface area contributed by atoms with Crippen LogP contribution >= 0.6 is 0 Å². The van der Waals surface area contributed by atoms with Crippen LogP contribution in [0.5, 0.6) is 23.0 Å². The molecule has 2 heterocycles. The number of rotatable bonds is 10. The molecule has 1 N–H and O–H groups in total. The highest BCUT2D eigenvalue weighted by molar-refractivity contribution is 5.44. The van der Waals surface area contributed by atoms with E-state index in [1.807, 2.05) is 24.3 Å². The van der Waals surface area contributed by atoms with Crippen LogP contribution in [0.2, 0.25) is 0 Å². The van der Waals surface area contributed by atoms with Crippen LogP contribution in [0, 0.1) is 0 Å². The van der Waals surface area contributed by atoms with Crippen LogP contribution in [0.25, 0.3) is 0 Å². The van der Waals surface area contributed by atoms with E-state index in [2.05, 4.69) is 21.9 Å². The maximum atomic E-state index is 10.4. The molecule has 1 saturated heterocycles. The topological polar surface area (TPSA) is 72.9 Å².